The Morgan fingerprint density at radius 1 is 1.33 bits per heavy atom. The number of nitrogens with zero attached hydrogens (tertiary/aromatic N) is 1. The van der Waals surface area contributed by atoms with Crippen LogP contribution in [0.4, 0.5) is 0 Å². The van der Waals surface area contributed by atoms with Gasteiger partial charge in [0.1, 0.15) is 0 Å². The average Bonchev–Trinajstić information content (AvgIpc) is 3.14. The highest BCUT2D eigenvalue weighted by atomic mass is 16.2. The van der Waals surface area contributed by atoms with Crippen molar-refractivity contribution in [2.24, 2.45) is 11.8 Å². The molecule has 0 radical (unpaired) electrons. The van der Waals surface area contributed by atoms with E-state index < -0.39 is 0 Å². The van der Waals surface area contributed by atoms with Crippen LogP contribution in [0.25, 0.3) is 0 Å². The first kappa shape index (κ1) is 13.8. The highest BCUT2D eigenvalue weighted by molar-refractivity contribution is 5.78. The molecule has 1 aliphatic carbocycles. The van der Waals surface area contributed by atoms with E-state index in [1.807, 2.05) is 0 Å². The molecular formula is C14H27N3O. The molecule has 0 aromatic carbocycles. The van der Waals surface area contributed by atoms with Gasteiger partial charge in [-0.3, -0.25) is 9.69 Å². The van der Waals surface area contributed by atoms with Crippen molar-refractivity contribution in [3.63, 3.8) is 0 Å². The molecule has 2 rings (SSSR count). The van der Waals surface area contributed by atoms with Crippen molar-refractivity contribution in [1.29, 1.82) is 0 Å². The first-order valence-corrected chi connectivity index (χ1v) is 7.41. The lowest BCUT2D eigenvalue weighted by molar-refractivity contribution is -0.122. The Hall–Kier alpha value is -0.610. The van der Waals surface area contributed by atoms with Gasteiger partial charge in [0.15, 0.2) is 0 Å². The molecule has 1 aliphatic heterocycles. The zero-order valence-electron chi connectivity index (χ0n) is 11.7. The standard InChI is InChI=1S/C14H27N3O/c1-3-15-13-6-7-17(9-11(13)2)10-14(18)16-8-12-4-5-12/h11-13,15H,3-10H2,1-2H3,(H,16,18). The Bertz CT molecular complexity index is 278. The second-order valence-electron chi connectivity index (χ2n) is 5.91. The highest BCUT2D eigenvalue weighted by Crippen LogP contribution is 2.27. The summed E-state index contributed by atoms with van der Waals surface area (Å²) in [4.78, 5) is 14.1. The fourth-order valence-corrected chi connectivity index (χ4v) is 2.78. The van der Waals surface area contributed by atoms with E-state index in [9.17, 15) is 4.79 Å². The molecule has 18 heavy (non-hydrogen) atoms. The molecule has 2 aliphatic rings. The number of hydrogen-bond donors (Lipinski definition) is 2. The fraction of sp³-hybridized carbons (Fsp3) is 0.929. The number of hydrogen-bond acceptors (Lipinski definition) is 3. The van der Waals surface area contributed by atoms with Gasteiger partial charge in [-0.05, 0) is 37.6 Å². The molecule has 0 aromatic heterocycles. The van der Waals surface area contributed by atoms with E-state index in [4.69, 9.17) is 0 Å². The Labute approximate surface area is 110 Å². The van der Waals surface area contributed by atoms with Crippen LogP contribution in [0.3, 0.4) is 0 Å². The van der Waals surface area contributed by atoms with E-state index >= 15 is 0 Å². The highest BCUT2D eigenvalue weighted by Gasteiger charge is 2.27. The van der Waals surface area contributed by atoms with Crippen LogP contribution in [-0.4, -0.2) is 49.6 Å². The monoisotopic (exact) mass is 253 g/mol. The van der Waals surface area contributed by atoms with E-state index in [1.54, 1.807) is 0 Å². The maximum Gasteiger partial charge on any atom is 0.234 e. The molecule has 1 amide bonds. The van der Waals surface area contributed by atoms with Crippen LogP contribution in [-0.2, 0) is 4.79 Å². The number of nitrogens with one attached hydrogen (secondary N) is 2. The number of likely N-dealkylation sites (tertiary alicyclic amines) is 1. The molecule has 0 aromatic rings. The predicted octanol–water partition coefficient (Wildman–Crippen LogP) is 0.833. The molecule has 0 bridgehead atoms. The minimum atomic E-state index is 0.205. The van der Waals surface area contributed by atoms with Crippen molar-refractivity contribution in [2.75, 3.05) is 32.7 Å². The summed E-state index contributed by atoms with van der Waals surface area (Å²) in [6.45, 7) is 9.02. The molecule has 2 unspecified atom stereocenters. The van der Waals surface area contributed by atoms with Gasteiger partial charge < -0.3 is 10.6 Å². The van der Waals surface area contributed by atoms with Gasteiger partial charge >= 0.3 is 0 Å². The van der Waals surface area contributed by atoms with Gasteiger partial charge in [0, 0.05) is 25.7 Å². The van der Waals surface area contributed by atoms with Crippen LogP contribution in [0, 0.1) is 11.8 Å². The lowest BCUT2D eigenvalue weighted by atomic mass is 9.94. The molecule has 4 heteroatoms. The molecular weight excluding hydrogens is 226 g/mol. The van der Waals surface area contributed by atoms with Gasteiger partial charge in [-0.25, -0.2) is 0 Å². The third kappa shape index (κ3) is 4.25. The Balaban J connectivity index is 1.65. The maximum atomic E-state index is 11.8. The second kappa shape index (κ2) is 6.53. The molecule has 1 saturated heterocycles. The van der Waals surface area contributed by atoms with Crippen molar-refractivity contribution >= 4 is 5.91 Å². The summed E-state index contributed by atoms with van der Waals surface area (Å²) >= 11 is 0. The van der Waals surface area contributed by atoms with Crippen LogP contribution in [0.1, 0.15) is 33.1 Å². The quantitative estimate of drug-likeness (QED) is 0.737. The molecule has 4 nitrogen and oxygen atoms in total. The first-order valence-electron chi connectivity index (χ1n) is 7.41. The zero-order valence-corrected chi connectivity index (χ0v) is 11.7. The van der Waals surface area contributed by atoms with Crippen molar-refractivity contribution in [3.05, 3.63) is 0 Å². The number of rotatable bonds is 6. The molecule has 0 spiro atoms. The Morgan fingerprint density at radius 2 is 2.11 bits per heavy atom. The molecule has 1 heterocycles. The largest absolute Gasteiger partial charge is 0.355 e. The predicted molar refractivity (Wildman–Crippen MR) is 73.4 cm³/mol. The number of amides is 1. The lowest BCUT2D eigenvalue weighted by Gasteiger charge is -2.36. The molecule has 2 N–H and O–H groups in total. The van der Waals surface area contributed by atoms with Gasteiger partial charge in [0.05, 0.1) is 6.54 Å². The van der Waals surface area contributed by atoms with Gasteiger partial charge in [0.2, 0.25) is 5.91 Å². The third-order valence-electron chi connectivity index (χ3n) is 4.11. The molecule has 2 fully saturated rings. The van der Waals surface area contributed by atoms with Gasteiger partial charge in [-0.1, -0.05) is 13.8 Å². The number of piperidine rings is 1. The SMILES string of the molecule is CCNC1CCN(CC(=O)NCC2CC2)CC1C. The van der Waals surface area contributed by atoms with Crippen molar-refractivity contribution in [2.45, 2.75) is 39.2 Å². The summed E-state index contributed by atoms with van der Waals surface area (Å²) in [5.41, 5.74) is 0. The smallest absolute Gasteiger partial charge is 0.234 e. The number of carbonyl (C=O) groups is 1. The van der Waals surface area contributed by atoms with E-state index in [-0.39, 0.29) is 5.91 Å². The maximum absolute atomic E-state index is 11.8. The van der Waals surface area contributed by atoms with Gasteiger partial charge in [0.25, 0.3) is 0 Å². The minimum Gasteiger partial charge on any atom is -0.355 e. The number of carbonyl (C=O) groups excluding carboxylic acids is 1. The van der Waals surface area contributed by atoms with Crippen LogP contribution < -0.4 is 10.6 Å². The fourth-order valence-electron chi connectivity index (χ4n) is 2.78. The van der Waals surface area contributed by atoms with E-state index in [0.717, 1.165) is 38.5 Å². The van der Waals surface area contributed by atoms with Gasteiger partial charge in [-0.15, -0.1) is 0 Å². The average molecular weight is 253 g/mol. The Kier molecular flexibility index (Phi) is 5.01. The minimum absolute atomic E-state index is 0.205. The normalized spacial score (nSPS) is 29.2. The van der Waals surface area contributed by atoms with E-state index in [0.29, 0.717) is 18.5 Å². The molecule has 1 saturated carbocycles. The van der Waals surface area contributed by atoms with E-state index in [2.05, 4.69) is 29.4 Å². The van der Waals surface area contributed by atoms with Crippen molar-refractivity contribution in [3.8, 4) is 0 Å². The second-order valence-corrected chi connectivity index (χ2v) is 5.91. The van der Waals surface area contributed by atoms with Crippen LogP contribution in [0.5, 0.6) is 0 Å². The molecule has 2 atom stereocenters. The zero-order chi connectivity index (χ0) is 13.0. The van der Waals surface area contributed by atoms with Gasteiger partial charge in [-0.2, -0.15) is 0 Å². The summed E-state index contributed by atoms with van der Waals surface area (Å²) in [5, 5.41) is 6.58. The topological polar surface area (TPSA) is 44.4 Å². The van der Waals surface area contributed by atoms with Crippen LogP contribution in [0.15, 0.2) is 0 Å². The summed E-state index contributed by atoms with van der Waals surface area (Å²) in [6.07, 6.45) is 3.75. The van der Waals surface area contributed by atoms with Crippen molar-refractivity contribution < 1.29 is 4.79 Å². The molecule has 104 valence electrons. The Morgan fingerprint density at radius 3 is 2.72 bits per heavy atom. The van der Waals surface area contributed by atoms with E-state index in [1.165, 1.54) is 12.8 Å². The summed E-state index contributed by atoms with van der Waals surface area (Å²) in [5.74, 6) is 1.61. The third-order valence-corrected chi connectivity index (χ3v) is 4.11. The summed E-state index contributed by atoms with van der Waals surface area (Å²) < 4.78 is 0. The summed E-state index contributed by atoms with van der Waals surface area (Å²) in [7, 11) is 0. The van der Waals surface area contributed by atoms with Crippen LogP contribution >= 0.6 is 0 Å². The summed E-state index contributed by atoms with van der Waals surface area (Å²) in [6, 6.07) is 0.626. The lowest BCUT2D eigenvalue weighted by Crippen LogP contribution is -2.50. The first-order chi connectivity index (χ1) is 8.69. The van der Waals surface area contributed by atoms with Crippen molar-refractivity contribution in [1.82, 2.24) is 15.5 Å². The van der Waals surface area contributed by atoms with Crippen LogP contribution in [0.2, 0.25) is 0 Å².